The zero-order valence-corrected chi connectivity index (χ0v) is 12.5. The number of benzene rings is 2. The van der Waals surface area contributed by atoms with Crippen LogP contribution in [-0.4, -0.2) is 38.4 Å². The molecule has 0 N–H and O–H groups in total. The van der Waals surface area contributed by atoms with Gasteiger partial charge in [0.25, 0.3) is 5.91 Å². The first kappa shape index (κ1) is 13.7. The van der Waals surface area contributed by atoms with E-state index in [9.17, 15) is 4.79 Å². The van der Waals surface area contributed by atoms with E-state index in [0.717, 1.165) is 41.5 Å². The summed E-state index contributed by atoms with van der Waals surface area (Å²) in [6, 6.07) is 12.0. The van der Waals surface area contributed by atoms with Gasteiger partial charge in [0.1, 0.15) is 0 Å². The molecular weight excluding hydrogens is 278 g/mol. The molecule has 0 unspecified atom stereocenters. The van der Waals surface area contributed by atoms with E-state index in [4.69, 9.17) is 9.47 Å². The Hall–Kier alpha value is -1.91. The third kappa shape index (κ3) is 2.28. The van der Waals surface area contributed by atoms with Crippen LogP contribution in [0, 0.1) is 0 Å². The Morgan fingerprint density at radius 2 is 2.09 bits per heavy atom. The number of nitrogens with zero attached hydrogens (tertiary/aromatic N) is 1. The Morgan fingerprint density at radius 3 is 2.91 bits per heavy atom. The van der Waals surface area contributed by atoms with Gasteiger partial charge in [0.05, 0.1) is 25.0 Å². The first-order valence-electron chi connectivity index (χ1n) is 7.87. The summed E-state index contributed by atoms with van der Waals surface area (Å²) in [5, 5.41) is 2.18. The van der Waals surface area contributed by atoms with Crippen molar-refractivity contribution in [2.45, 2.75) is 18.9 Å². The summed E-state index contributed by atoms with van der Waals surface area (Å²) in [6.07, 6.45) is 2.43. The van der Waals surface area contributed by atoms with Gasteiger partial charge < -0.3 is 14.4 Å². The molecule has 0 bridgehead atoms. The lowest BCUT2D eigenvalue weighted by atomic mass is 10.1. The van der Waals surface area contributed by atoms with Crippen molar-refractivity contribution in [3.05, 3.63) is 42.0 Å². The number of amides is 1. The number of carbonyl (C=O) groups excluding carboxylic acids is 1. The van der Waals surface area contributed by atoms with Crippen molar-refractivity contribution in [2.24, 2.45) is 0 Å². The molecule has 1 amide bonds. The molecule has 0 aliphatic carbocycles. The quantitative estimate of drug-likeness (QED) is 0.796. The highest BCUT2D eigenvalue weighted by Gasteiger charge is 2.29. The summed E-state index contributed by atoms with van der Waals surface area (Å²) in [4.78, 5) is 14.4. The molecule has 22 heavy (non-hydrogen) atoms. The lowest BCUT2D eigenvalue weighted by molar-refractivity contribution is 0.0195. The Kier molecular flexibility index (Phi) is 3.56. The molecular formula is C18H19NO3. The third-order valence-corrected chi connectivity index (χ3v) is 4.44. The highest BCUT2D eigenvalue weighted by Crippen LogP contribution is 2.36. The van der Waals surface area contributed by atoms with E-state index in [1.807, 2.05) is 41.3 Å². The van der Waals surface area contributed by atoms with Crippen molar-refractivity contribution in [1.29, 1.82) is 0 Å². The van der Waals surface area contributed by atoms with Gasteiger partial charge in [-0.05, 0) is 30.4 Å². The van der Waals surface area contributed by atoms with Crippen LogP contribution < -0.4 is 4.90 Å². The molecule has 1 fully saturated rings. The Bertz CT molecular complexity index is 701. The molecule has 0 aromatic heterocycles. The standard InChI is InChI=1S/C18H19NO3/c20-18-15-7-1-4-13-5-2-8-16(17(13)15)19(18)9-11-21-12-14-6-3-10-22-14/h1-2,4-5,7-8,14H,3,6,9-12H2/t14-/m0/s1. The maximum atomic E-state index is 12.6. The minimum absolute atomic E-state index is 0.0764. The Balaban J connectivity index is 1.45. The molecule has 0 spiro atoms. The molecule has 2 heterocycles. The van der Waals surface area contributed by atoms with Crippen molar-refractivity contribution in [3.8, 4) is 0 Å². The van der Waals surface area contributed by atoms with Crippen molar-refractivity contribution >= 4 is 22.4 Å². The molecule has 4 nitrogen and oxygen atoms in total. The SMILES string of the molecule is O=C1c2cccc3cccc(c23)N1CCOC[C@@H]1CCCO1. The second kappa shape index (κ2) is 5.71. The fourth-order valence-electron chi connectivity index (χ4n) is 3.35. The van der Waals surface area contributed by atoms with Gasteiger partial charge >= 0.3 is 0 Å². The number of ether oxygens (including phenoxy) is 2. The minimum atomic E-state index is 0.0764. The van der Waals surface area contributed by atoms with Crippen molar-refractivity contribution in [3.63, 3.8) is 0 Å². The summed E-state index contributed by atoms with van der Waals surface area (Å²) >= 11 is 0. The Morgan fingerprint density at radius 1 is 1.23 bits per heavy atom. The topological polar surface area (TPSA) is 38.8 Å². The normalized spacial score (nSPS) is 20.3. The van der Waals surface area contributed by atoms with E-state index in [2.05, 4.69) is 0 Å². The van der Waals surface area contributed by atoms with Gasteiger partial charge in [-0.3, -0.25) is 4.79 Å². The zero-order chi connectivity index (χ0) is 14.9. The maximum absolute atomic E-state index is 12.6. The maximum Gasteiger partial charge on any atom is 0.259 e. The van der Waals surface area contributed by atoms with E-state index in [-0.39, 0.29) is 12.0 Å². The highest BCUT2D eigenvalue weighted by atomic mass is 16.5. The van der Waals surface area contributed by atoms with E-state index in [1.165, 1.54) is 0 Å². The molecule has 2 aliphatic rings. The zero-order valence-electron chi connectivity index (χ0n) is 12.5. The smallest absolute Gasteiger partial charge is 0.259 e. The van der Waals surface area contributed by atoms with Crippen molar-refractivity contribution in [1.82, 2.24) is 0 Å². The molecule has 2 aromatic rings. The van der Waals surface area contributed by atoms with Gasteiger partial charge in [-0.1, -0.05) is 24.3 Å². The van der Waals surface area contributed by atoms with Gasteiger partial charge in [-0.2, -0.15) is 0 Å². The average Bonchev–Trinajstić information content (AvgIpc) is 3.15. The molecule has 1 atom stereocenters. The van der Waals surface area contributed by atoms with E-state index in [0.29, 0.717) is 19.8 Å². The van der Waals surface area contributed by atoms with E-state index in [1.54, 1.807) is 0 Å². The predicted molar refractivity (Wildman–Crippen MR) is 85.4 cm³/mol. The van der Waals surface area contributed by atoms with Crippen LogP contribution in [0.2, 0.25) is 0 Å². The molecule has 1 saturated heterocycles. The van der Waals surface area contributed by atoms with Crippen LogP contribution in [0.3, 0.4) is 0 Å². The molecule has 0 saturated carbocycles. The van der Waals surface area contributed by atoms with E-state index >= 15 is 0 Å². The summed E-state index contributed by atoms with van der Waals surface area (Å²) < 4.78 is 11.2. The fraction of sp³-hybridized carbons (Fsp3) is 0.389. The van der Waals surface area contributed by atoms with E-state index < -0.39 is 0 Å². The largest absolute Gasteiger partial charge is 0.377 e. The number of anilines is 1. The molecule has 0 radical (unpaired) electrons. The van der Waals surface area contributed by atoms with Crippen LogP contribution >= 0.6 is 0 Å². The van der Waals surface area contributed by atoms with Crippen LogP contribution in [0.4, 0.5) is 5.69 Å². The summed E-state index contributed by atoms with van der Waals surface area (Å²) in [5.41, 5.74) is 1.80. The van der Waals surface area contributed by atoms with Gasteiger partial charge in [-0.25, -0.2) is 0 Å². The highest BCUT2D eigenvalue weighted by molar-refractivity contribution is 6.24. The van der Waals surface area contributed by atoms with Gasteiger partial charge in [0.2, 0.25) is 0 Å². The monoisotopic (exact) mass is 297 g/mol. The fourth-order valence-corrected chi connectivity index (χ4v) is 3.35. The van der Waals surface area contributed by atoms with Crippen LogP contribution in [-0.2, 0) is 9.47 Å². The van der Waals surface area contributed by atoms with Gasteiger partial charge in [0.15, 0.2) is 0 Å². The van der Waals surface area contributed by atoms with Crippen molar-refractivity contribution in [2.75, 3.05) is 31.3 Å². The number of rotatable bonds is 5. The minimum Gasteiger partial charge on any atom is -0.377 e. The number of hydrogen-bond acceptors (Lipinski definition) is 3. The lowest BCUT2D eigenvalue weighted by Crippen LogP contribution is -2.31. The first-order valence-corrected chi connectivity index (χ1v) is 7.87. The number of carbonyl (C=O) groups is 1. The molecule has 114 valence electrons. The van der Waals surface area contributed by atoms with Gasteiger partial charge in [-0.15, -0.1) is 0 Å². The first-order chi connectivity index (χ1) is 10.8. The third-order valence-electron chi connectivity index (χ3n) is 4.44. The second-order valence-electron chi connectivity index (χ2n) is 5.85. The second-order valence-corrected chi connectivity index (χ2v) is 5.85. The van der Waals surface area contributed by atoms with Gasteiger partial charge in [0, 0.05) is 24.1 Å². The molecule has 2 aromatic carbocycles. The number of hydrogen-bond donors (Lipinski definition) is 0. The van der Waals surface area contributed by atoms with Crippen LogP contribution in [0.1, 0.15) is 23.2 Å². The van der Waals surface area contributed by atoms with Crippen LogP contribution in [0.15, 0.2) is 36.4 Å². The van der Waals surface area contributed by atoms with Crippen LogP contribution in [0.25, 0.3) is 10.8 Å². The average molecular weight is 297 g/mol. The molecule has 4 rings (SSSR count). The lowest BCUT2D eigenvalue weighted by Gasteiger charge is -2.18. The predicted octanol–water partition coefficient (Wildman–Crippen LogP) is 3.00. The van der Waals surface area contributed by atoms with Crippen molar-refractivity contribution < 1.29 is 14.3 Å². The Labute approximate surface area is 129 Å². The summed E-state index contributed by atoms with van der Waals surface area (Å²) in [5.74, 6) is 0.0764. The summed E-state index contributed by atoms with van der Waals surface area (Å²) in [6.45, 7) is 2.59. The molecule has 2 aliphatic heterocycles. The summed E-state index contributed by atoms with van der Waals surface area (Å²) in [7, 11) is 0. The van der Waals surface area contributed by atoms with Crippen LogP contribution in [0.5, 0.6) is 0 Å². The molecule has 4 heteroatoms.